The molecule has 1 aromatic rings. The first-order valence-corrected chi connectivity index (χ1v) is 5.88. The molecule has 1 rings (SSSR count). The summed E-state index contributed by atoms with van der Waals surface area (Å²) in [5.41, 5.74) is 1.38. The summed E-state index contributed by atoms with van der Waals surface area (Å²) in [5, 5.41) is 3.45. The summed E-state index contributed by atoms with van der Waals surface area (Å²) >= 11 is 0. The van der Waals surface area contributed by atoms with Crippen molar-refractivity contribution in [3.63, 3.8) is 0 Å². The van der Waals surface area contributed by atoms with Crippen LogP contribution in [-0.4, -0.2) is 24.8 Å². The minimum absolute atomic E-state index is 0.211. The van der Waals surface area contributed by atoms with Crippen LogP contribution in [0.3, 0.4) is 0 Å². The quantitative estimate of drug-likeness (QED) is 0.596. The lowest BCUT2D eigenvalue weighted by molar-refractivity contribution is 0.424. The van der Waals surface area contributed by atoms with Gasteiger partial charge in [0.15, 0.2) is 0 Å². The zero-order valence-electron chi connectivity index (χ0n) is 10.5. The van der Waals surface area contributed by atoms with Gasteiger partial charge in [-0.25, -0.2) is 0 Å². The summed E-state index contributed by atoms with van der Waals surface area (Å²) in [6, 6.07) is 10.2. The van der Waals surface area contributed by atoms with Crippen LogP contribution in [0.25, 0.3) is 0 Å². The van der Waals surface area contributed by atoms with Gasteiger partial charge in [0, 0.05) is 18.3 Å². The van der Waals surface area contributed by atoms with Crippen LogP contribution in [0, 0.1) is 0 Å². The maximum Gasteiger partial charge on any atom is 0.0401 e. The van der Waals surface area contributed by atoms with Crippen LogP contribution >= 0.6 is 0 Å². The molecule has 0 fully saturated rings. The van der Waals surface area contributed by atoms with Gasteiger partial charge in [0.1, 0.15) is 0 Å². The molecule has 0 aliphatic carbocycles. The Kier molecular flexibility index (Phi) is 5.20. The van der Waals surface area contributed by atoms with Gasteiger partial charge < -0.3 is 5.32 Å². The third kappa shape index (κ3) is 6.36. The van der Waals surface area contributed by atoms with Crippen molar-refractivity contribution in [1.82, 2.24) is 5.32 Å². The van der Waals surface area contributed by atoms with E-state index in [1.807, 2.05) is 24.4 Å². The van der Waals surface area contributed by atoms with E-state index in [9.17, 15) is 0 Å². The molecule has 88 valence electrons. The molecular weight excluding hydrogens is 196 g/mol. The number of aliphatic imine (C=N–C) groups is 1. The van der Waals surface area contributed by atoms with E-state index in [4.69, 9.17) is 0 Å². The van der Waals surface area contributed by atoms with Gasteiger partial charge in [-0.05, 0) is 39.3 Å². The van der Waals surface area contributed by atoms with Crippen LogP contribution in [0.15, 0.2) is 35.3 Å². The molecule has 0 heterocycles. The van der Waals surface area contributed by atoms with Crippen LogP contribution in [0.2, 0.25) is 0 Å². The Morgan fingerprint density at radius 1 is 1.19 bits per heavy atom. The van der Waals surface area contributed by atoms with Crippen LogP contribution in [0.5, 0.6) is 0 Å². The van der Waals surface area contributed by atoms with E-state index in [0.29, 0.717) is 0 Å². The Bertz CT molecular complexity index is 309. The summed E-state index contributed by atoms with van der Waals surface area (Å²) in [6.45, 7) is 8.45. The molecule has 0 aliphatic heterocycles. The summed E-state index contributed by atoms with van der Waals surface area (Å²) in [6.07, 6.45) is 3.03. The average molecular weight is 218 g/mol. The van der Waals surface area contributed by atoms with Gasteiger partial charge in [-0.15, -0.1) is 0 Å². The molecule has 1 aromatic carbocycles. The van der Waals surface area contributed by atoms with Crippen molar-refractivity contribution < 1.29 is 0 Å². The number of hydrogen-bond donors (Lipinski definition) is 1. The van der Waals surface area contributed by atoms with Crippen molar-refractivity contribution in [3.05, 3.63) is 35.9 Å². The van der Waals surface area contributed by atoms with Crippen molar-refractivity contribution >= 4 is 6.21 Å². The standard InChI is InChI=1S/C14H22N2/c1-14(2,3)16-11-7-10-15-12-13-8-5-4-6-9-13/h4-6,8-9,12,16H,7,10-11H2,1-3H3. The second kappa shape index (κ2) is 6.44. The van der Waals surface area contributed by atoms with E-state index in [1.54, 1.807) is 0 Å². The Hall–Kier alpha value is -1.15. The molecule has 16 heavy (non-hydrogen) atoms. The molecule has 0 amide bonds. The van der Waals surface area contributed by atoms with Crippen LogP contribution in [0.4, 0.5) is 0 Å². The Morgan fingerprint density at radius 2 is 1.88 bits per heavy atom. The number of nitrogens with zero attached hydrogens (tertiary/aromatic N) is 1. The fraction of sp³-hybridized carbons (Fsp3) is 0.500. The molecule has 0 atom stereocenters. The molecule has 0 saturated heterocycles. The number of hydrogen-bond acceptors (Lipinski definition) is 2. The normalized spacial score (nSPS) is 12.2. The molecule has 2 nitrogen and oxygen atoms in total. The highest BCUT2D eigenvalue weighted by molar-refractivity contribution is 5.79. The number of nitrogens with one attached hydrogen (secondary N) is 1. The summed E-state index contributed by atoms with van der Waals surface area (Å²) < 4.78 is 0. The van der Waals surface area contributed by atoms with Gasteiger partial charge in [-0.2, -0.15) is 0 Å². The monoisotopic (exact) mass is 218 g/mol. The van der Waals surface area contributed by atoms with Crippen molar-refractivity contribution in [3.8, 4) is 0 Å². The van der Waals surface area contributed by atoms with Gasteiger partial charge in [0.2, 0.25) is 0 Å². The molecule has 2 heteroatoms. The van der Waals surface area contributed by atoms with E-state index in [2.05, 4.69) is 43.2 Å². The van der Waals surface area contributed by atoms with Crippen LogP contribution in [-0.2, 0) is 0 Å². The van der Waals surface area contributed by atoms with E-state index in [1.165, 1.54) is 5.56 Å². The molecule has 0 saturated carbocycles. The van der Waals surface area contributed by atoms with Gasteiger partial charge in [0.25, 0.3) is 0 Å². The van der Waals surface area contributed by atoms with E-state index in [-0.39, 0.29) is 5.54 Å². The first-order valence-electron chi connectivity index (χ1n) is 5.88. The molecule has 0 spiro atoms. The number of benzene rings is 1. The largest absolute Gasteiger partial charge is 0.312 e. The lowest BCUT2D eigenvalue weighted by Gasteiger charge is -2.19. The van der Waals surface area contributed by atoms with Gasteiger partial charge in [0.05, 0.1) is 0 Å². The maximum atomic E-state index is 4.40. The second-order valence-corrected chi connectivity index (χ2v) is 4.98. The van der Waals surface area contributed by atoms with Gasteiger partial charge >= 0.3 is 0 Å². The third-order valence-electron chi connectivity index (χ3n) is 2.16. The Morgan fingerprint density at radius 3 is 2.50 bits per heavy atom. The fourth-order valence-corrected chi connectivity index (χ4v) is 1.34. The Balaban J connectivity index is 2.14. The van der Waals surface area contributed by atoms with Crippen LogP contribution in [0.1, 0.15) is 32.8 Å². The first kappa shape index (κ1) is 12.9. The SMILES string of the molecule is CC(C)(C)NCCCN=Cc1ccccc1. The fourth-order valence-electron chi connectivity index (χ4n) is 1.34. The van der Waals surface area contributed by atoms with E-state index < -0.39 is 0 Å². The highest BCUT2D eigenvalue weighted by Gasteiger charge is 2.06. The summed E-state index contributed by atoms with van der Waals surface area (Å²) in [7, 11) is 0. The predicted molar refractivity (Wildman–Crippen MR) is 71.3 cm³/mol. The van der Waals surface area contributed by atoms with Crippen molar-refractivity contribution in [2.24, 2.45) is 4.99 Å². The molecule has 0 unspecified atom stereocenters. The first-order chi connectivity index (χ1) is 7.58. The lowest BCUT2D eigenvalue weighted by Crippen LogP contribution is -2.36. The molecule has 0 radical (unpaired) electrons. The average Bonchev–Trinajstić information content (AvgIpc) is 2.23. The summed E-state index contributed by atoms with van der Waals surface area (Å²) in [5.74, 6) is 0. The molecule has 0 aliphatic rings. The third-order valence-corrected chi connectivity index (χ3v) is 2.16. The van der Waals surface area contributed by atoms with Crippen molar-refractivity contribution in [2.45, 2.75) is 32.7 Å². The second-order valence-electron chi connectivity index (χ2n) is 4.98. The Labute approximate surface area is 98.8 Å². The van der Waals surface area contributed by atoms with E-state index in [0.717, 1.165) is 19.5 Å². The molecule has 0 aromatic heterocycles. The molecular formula is C14H22N2. The number of rotatable bonds is 5. The minimum atomic E-state index is 0.211. The minimum Gasteiger partial charge on any atom is -0.312 e. The van der Waals surface area contributed by atoms with Gasteiger partial charge in [-0.1, -0.05) is 30.3 Å². The topological polar surface area (TPSA) is 24.4 Å². The molecule has 1 N–H and O–H groups in total. The highest BCUT2D eigenvalue weighted by Crippen LogP contribution is 1.98. The zero-order valence-corrected chi connectivity index (χ0v) is 10.5. The van der Waals surface area contributed by atoms with Crippen LogP contribution < -0.4 is 5.32 Å². The molecule has 0 bridgehead atoms. The van der Waals surface area contributed by atoms with Crippen molar-refractivity contribution in [1.29, 1.82) is 0 Å². The predicted octanol–water partition coefficient (Wildman–Crippen LogP) is 2.88. The summed E-state index contributed by atoms with van der Waals surface area (Å²) in [4.78, 5) is 4.40. The van der Waals surface area contributed by atoms with Gasteiger partial charge in [-0.3, -0.25) is 4.99 Å². The van der Waals surface area contributed by atoms with E-state index >= 15 is 0 Å². The lowest BCUT2D eigenvalue weighted by atomic mass is 10.1. The smallest absolute Gasteiger partial charge is 0.0401 e. The maximum absolute atomic E-state index is 4.40. The highest BCUT2D eigenvalue weighted by atomic mass is 14.9. The van der Waals surface area contributed by atoms with Crippen molar-refractivity contribution in [2.75, 3.05) is 13.1 Å². The zero-order chi connectivity index (χ0) is 11.9.